The highest BCUT2D eigenvalue weighted by Gasteiger charge is 2.08. The van der Waals surface area contributed by atoms with Gasteiger partial charge in [-0.15, -0.1) is 0 Å². The highest BCUT2D eigenvalue weighted by atomic mass is 79.9. The minimum absolute atomic E-state index is 0.193. The Morgan fingerprint density at radius 3 is 2.59 bits per heavy atom. The Kier molecular flexibility index (Phi) is 4.12. The zero-order chi connectivity index (χ0) is 12.1. The van der Waals surface area contributed by atoms with Crippen molar-refractivity contribution < 1.29 is 9.84 Å². The van der Waals surface area contributed by atoms with Crippen LogP contribution in [0.4, 0.5) is 0 Å². The van der Waals surface area contributed by atoms with E-state index < -0.39 is 6.10 Å². The third kappa shape index (κ3) is 3.54. The normalized spacial score (nSPS) is 12.1. The van der Waals surface area contributed by atoms with Crippen LogP contribution in [0, 0.1) is 0 Å². The molecule has 0 radical (unpaired) electrons. The first-order valence-corrected chi connectivity index (χ1v) is 6.02. The van der Waals surface area contributed by atoms with E-state index in [9.17, 15) is 5.11 Å². The van der Waals surface area contributed by atoms with Crippen molar-refractivity contribution in [3.05, 3.63) is 58.8 Å². The number of pyridine rings is 1. The van der Waals surface area contributed by atoms with E-state index in [1.54, 1.807) is 12.3 Å². The fraction of sp³-hybridized carbons (Fsp3) is 0.154. The van der Waals surface area contributed by atoms with Crippen molar-refractivity contribution in [1.29, 1.82) is 0 Å². The van der Waals surface area contributed by atoms with Crippen LogP contribution in [-0.2, 0) is 0 Å². The third-order valence-corrected chi connectivity index (χ3v) is 2.78. The molecule has 2 aromatic rings. The third-order valence-electron chi connectivity index (χ3n) is 2.25. The van der Waals surface area contributed by atoms with Crippen molar-refractivity contribution in [3.8, 4) is 5.75 Å². The molecule has 0 aliphatic carbocycles. The molecular weight excluding hydrogens is 282 g/mol. The number of hydrogen-bond donors (Lipinski definition) is 1. The van der Waals surface area contributed by atoms with Gasteiger partial charge in [0.25, 0.3) is 0 Å². The molecule has 0 saturated carbocycles. The van der Waals surface area contributed by atoms with Gasteiger partial charge in [0.05, 0.1) is 5.69 Å². The Balaban J connectivity index is 1.92. The highest BCUT2D eigenvalue weighted by Crippen LogP contribution is 2.18. The van der Waals surface area contributed by atoms with E-state index in [0.717, 1.165) is 10.2 Å². The zero-order valence-electron chi connectivity index (χ0n) is 9.08. The molecule has 1 aromatic heterocycles. The van der Waals surface area contributed by atoms with Crippen LogP contribution in [0.25, 0.3) is 0 Å². The van der Waals surface area contributed by atoms with Crippen LogP contribution in [-0.4, -0.2) is 16.7 Å². The van der Waals surface area contributed by atoms with Crippen LogP contribution in [0.1, 0.15) is 11.8 Å². The maximum atomic E-state index is 9.84. The SMILES string of the molecule is OC(COc1ccc(Br)cc1)c1ccccn1. The lowest BCUT2D eigenvalue weighted by atomic mass is 10.2. The molecule has 0 bridgehead atoms. The summed E-state index contributed by atoms with van der Waals surface area (Å²) in [6.45, 7) is 0.193. The first-order valence-electron chi connectivity index (χ1n) is 5.23. The molecule has 2 rings (SSSR count). The number of nitrogens with zero attached hydrogens (tertiary/aromatic N) is 1. The second kappa shape index (κ2) is 5.80. The number of aromatic nitrogens is 1. The first kappa shape index (κ1) is 12.1. The molecular formula is C13H12BrNO2. The fourth-order valence-electron chi connectivity index (χ4n) is 1.36. The van der Waals surface area contributed by atoms with E-state index >= 15 is 0 Å². The minimum atomic E-state index is -0.708. The monoisotopic (exact) mass is 293 g/mol. The Morgan fingerprint density at radius 2 is 1.94 bits per heavy atom. The molecule has 3 nitrogen and oxygen atoms in total. The predicted molar refractivity (Wildman–Crippen MR) is 68.8 cm³/mol. The summed E-state index contributed by atoms with van der Waals surface area (Å²) in [4.78, 5) is 4.07. The van der Waals surface area contributed by atoms with Crippen molar-refractivity contribution in [2.24, 2.45) is 0 Å². The van der Waals surface area contributed by atoms with Gasteiger partial charge in [0.1, 0.15) is 18.5 Å². The fourth-order valence-corrected chi connectivity index (χ4v) is 1.63. The quantitative estimate of drug-likeness (QED) is 0.942. The van der Waals surface area contributed by atoms with E-state index in [4.69, 9.17) is 4.74 Å². The average molecular weight is 294 g/mol. The summed E-state index contributed by atoms with van der Waals surface area (Å²) in [5.41, 5.74) is 0.615. The van der Waals surface area contributed by atoms with Gasteiger partial charge in [0.15, 0.2) is 0 Å². The molecule has 88 valence electrons. The topological polar surface area (TPSA) is 42.4 Å². The molecule has 1 heterocycles. The van der Waals surface area contributed by atoms with Crippen molar-refractivity contribution in [3.63, 3.8) is 0 Å². The Labute approximate surface area is 108 Å². The van der Waals surface area contributed by atoms with Crippen molar-refractivity contribution >= 4 is 15.9 Å². The Morgan fingerprint density at radius 1 is 1.18 bits per heavy atom. The van der Waals surface area contributed by atoms with Gasteiger partial charge < -0.3 is 9.84 Å². The maximum absolute atomic E-state index is 9.84. The van der Waals surface area contributed by atoms with Crippen molar-refractivity contribution in [2.45, 2.75) is 6.10 Å². The molecule has 4 heteroatoms. The number of halogens is 1. The van der Waals surface area contributed by atoms with Crippen LogP contribution >= 0.6 is 15.9 Å². The van der Waals surface area contributed by atoms with Gasteiger partial charge in [-0.3, -0.25) is 4.98 Å². The van der Waals surface area contributed by atoms with E-state index in [1.807, 2.05) is 36.4 Å². The molecule has 0 saturated heterocycles. The van der Waals surface area contributed by atoms with Crippen molar-refractivity contribution in [2.75, 3.05) is 6.61 Å². The molecule has 17 heavy (non-hydrogen) atoms. The summed E-state index contributed by atoms with van der Waals surface area (Å²) in [7, 11) is 0. The summed E-state index contributed by atoms with van der Waals surface area (Å²) < 4.78 is 6.46. The lowest BCUT2D eigenvalue weighted by molar-refractivity contribution is 0.104. The lowest BCUT2D eigenvalue weighted by Crippen LogP contribution is -2.10. The smallest absolute Gasteiger partial charge is 0.130 e. The lowest BCUT2D eigenvalue weighted by Gasteiger charge is -2.11. The average Bonchev–Trinajstić information content (AvgIpc) is 2.39. The number of aliphatic hydroxyl groups excluding tert-OH is 1. The van der Waals surface area contributed by atoms with Gasteiger partial charge in [0.2, 0.25) is 0 Å². The summed E-state index contributed by atoms with van der Waals surface area (Å²) in [6.07, 6.45) is 0.942. The summed E-state index contributed by atoms with van der Waals surface area (Å²) in [5.74, 6) is 0.725. The van der Waals surface area contributed by atoms with Gasteiger partial charge in [-0.1, -0.05) is 22.0 Å². The van der Waals surface area contributed by atoms with Gasteiger partial charge in [-0.2, -0.15) is 0 Å². The largest absolute Gasteiger partial charge is 0.490 e. The predicted octanol–water partition coefficient (Wildman–Crippen LogP) is 2.96. The van der Waals surface area contributed by atoms with E-state index in [-0.39, 0.29) is 6.61 Å². The van der Waals surface area contributed by atoms with Crippen LogP contribution in [0.15, 0.2) is 53.1 Å². The number of ether oxygens (including phenoxy) is 1. The van der Waals surface area contributed by atoms with E-state index in [1.165, 1.54) is 0 Å². The van der Waals surface area contributed by atoms with E-state index in [2.05, 4.69) is 20.9 Å². The molecule has 0 spiro atoms. The molecule has 1 atom stereocenters. The first-order chi connectivity index (χ1) is 8.25. The highest BCUT2D eigenvalue weighted by molar-refractivity contribution is 9.10. The molecule has 1 N–H and O–H groups in total. The molecule has 1 aromatic carbocycles. The van der Waals surface area contributed by atoms with Crippen molar-refractivity contribution in [1.82, 2.24) is 4.98 Å². The number of benzene rings is 1. The van der Waals surface area contributed by atoms with E-state index in [0.29, 0.717) is 5.69 Å². The molecule has 0 aliphatic rings. The van der Waals surface area contributed by atoms with Crippen LogP contribution in [0.3, 0.4) is 0 Å². The maximum Gasteiger partial charge on any atom is 0.130 e. The van der Waals surface area contributed by atoms with Gasteiger partial charge in [0, 0.05) is 10.7 Å². The Bertz CT molecular complexity index is 459. The molecule has 0 amide bonds. The number of hydrogen-bond acceptors (Lipinski definition) is 3. The van der Waals surface area contributed by atoms with Crippen LogP contribution < -0.4 is 4.74 Å². The minimum Gasteiger partial charge on any atom is -0.490 e. The van der Waals surface area contributed by atoms with Crippen LogP contribution in [0.2, 0.25) is 0 Å². The number of rotatable bonds is 4. The molecule has 1 unspecified atom stereocenters. The summed E-state index contributed by atoms with van der Waals surface area (Å²) in [5, 5.41) is 9.84. The number of aliphatic hydroxyl groups is 1. The van der Waals surface area contributed by atoms with Crippen LogP contribution in [0.5, 0.6) is 5.75 Å². The van der Waals surface area contributed by atoms with Gasteiger partial charge in [-0.25, -0.2) is 0 Å². The zero-order valence-corrected chi connectivity index (χ0v) is 10.7. The molecule has 0 aliphatic heterocycles. The summed E-state index contributed by atoms with van der Waals surface area (Å²) in [6, 6.07) is 12.9. The molecule has 0 fully saturated rings. The Hall–Kier alpha value is -1.39. The summed E-state index contributed by atoms with van der Waals surface area (Å²) >= 11 is 3.35. The second-order valence-electron chi connectivity index (χ2n) is 3.54. The second-order valence-corrected chi connectivity index (χ2v) is 4.45. The standard InChI is InChI=1S/C13H12BrNO2/c14-10-4-6-11(7-5-10)17-9-13(16)12-3-1-2-8-15-12/h1-8,13,16H,9H2. The van der Waals surface area contributed by atoms with Gasteiger partial charge in [-0.05, 0) is 36.4 Å². The van der Waals surface area contributed by atoms with Gasteiger partial charge >= 0.3 is 0 Å².